The summed E-state index contributed by atoms with van der Waals surface area (Å²) in [5.74, 6) is 0. The Kier molecular flexibility index (Phi) is 7.60. The minimum absolute atomic E-state index is 0.580. The van der Waals surface area contributed by atoms with Crippen molar-refractivity contribution in [3.05, 3.63) is 93.9 Å². The number of aromatic nitrogens is 2. The van der Waals surface area contributed by atoms with Gasteiger partial charge in [-0.25, -0.2) is 15.4 Å². The first-order valence-corrected chi connectivity index (χ1v) is 8.12. The summed E-state index contributed by atoms with van der Waals surface area (Å²) in [6.07, 6.45) is 5.58. The van der Waals surface area contributed by atoms with Crippen LogP contribution in [0.25, 0.3) is 0 Å². The lowest BCUT2D eigenvalue weighted by Gasteiger charge is -2.11. The van der Waals surface area contributed by atoms with Crippen molar-refractivity contribution < 1.29 is 20.2 Å². The molecule has 0 atom stereocenters. The Bertz CT molecular complexity index is 804. The van der Waals surface area contributed by atoms with Gasteiger partial charge in [-0.05, 0) is 28.8 Å². The summed E-state index contributed by atoms with van der Waals surface area (Å²) in [6.45, 7) is 1.98. The molecule has 7 nitrogen and oxygen atoms in total. The molecule has 0 unspecified atom stereocenters. The van der Waals surface area contributed by atoms with Gasteiger partial charge in [0.2, 0.25) is 0 Å². The van der Waals surface area contributed by atoms with Gasteiger partial charge in [-0.15, -0.1) is 0 Å². The van der Waals surface area contributed by atoms with Crippen LogP contribution in [0.3, 0.4) is 0 Å². The molecule has 0 saturated carbocycles. The molecule has 0 aliphatic carbocycles. The van der Waals surface area contributed by atoms with E-state index in [0.29, 0.717) is 13.2 Å². The second-order valence-corrected chi connectivity index (χ2v) is 5.81. The fourth-order valence-corrected chi connectivity index (χ4v) is 2.41. The summed E-state index contributed by atoms with van der Waals surface area (Å²) >= 11 is 5.88. The highest BCUT2D eigenvalue weighted by Gasteiger charge is 2.03. The van der Waals surface area contributed by atoms with E-state index in [4.69, 9.17) is 31.7 Å². The van der Waals surface area contributed by atoms with Crippen LogP contribution < -0.4 is 0 Å². The topological polar surface area (TPSA) is 87.6 Å². The molecule has 0 amide bonds. The van der Waals surface area contributed by atoms with Crippen LogP contribution in [-0.4, -0.2) is 25.1 Å². The van der Waals surface area contributed by atoms with Crippen molar-refractivity contribution in [1.29, 1.82) is 0 Å². The average molecular weight is 377 g/mol. The zero-order valence-electron chi connectivity index (χ0n) is 13.9. The average Bonchev–Trinajstić information content (AvgIpc) is 3.11. The largest absolute Gasteiger partial charge is 0.472 e. The first-order chi connectivity index (χ1) is 12.5. The lowest BCUT2D eigenvalue weighted by atomic mass is 10.1. The standard InChI is InChI=1S/C18H17ClN2O.H2NO3/c19-18-7-5-15(6-8-18)12-22-13-17-4-2-1-3-16(17)11-21-10-9-20-14-21;2-1(3)4/h1-10,14H,11-13H2;(H2,2,3,4)/q;+1. The van der Waals surface area contributed by atoms with E-state index >= 15 is 0 Å². The zero-order chi connectivity index (χ0) is 18.8. The summed E-state index contributed by atoms with van der Waals surface area (Å²) in [5.41, 5.74) is 3.57. The third-order valence-electron chi connectivity index (χ3n) is 3.47. The Morgan fingerprint density at radius 1 is 1.04 bits per heavy atom. The normalized spacial score (nSPS) is 10.0. The molecule has 2 aromatic carbocycles. The van der Waals surface area contributed by atoms with Crippen molar-refractivity contribution in [3.8, 4) is 0 Å². The molecule has 3 rings (SSSR count). The van der Waals surface area contributed by atoms with Crippen molar-refractivity contribution in [1.82, 2.24) is 9.55 Å². The number of ether oxygens (including phenoxy) is 1. The fraction of sp³-hybridized carbons (Fsp3) is 0.167. The van der Waals surface area contributed by atoms with E-state index in [2.05, 4.69) is 27.8 Å². The maximum atomic E-state index is 8.47. The molecule has 0 bridgehead atoms. The quantitative estimate of drug-likeness (QED) is 0.638. The molecule has 0 aliphatic rings. The number of nitrogens with zero attached hydrogens (tertiary/aromatic N) is 3. The molecule has 0 saturated heterocycles. The summed E-state index contributed by atoms with van der Waals surface area (Å²) < 4.78 is 7.89. The lowest BCUT2D eigenvalue weighted by Crippen LogP contribution is -2.03. The summed E-state index contributed by atoms with van der Waals surface area (Å²) in [4.78, 5) is 12.6. The van der Waals surface area contributed by atoms with Gasteiger partial charge in [0.1, 0.15) is 4.91 Å². The molecule has 1 aromatic heterocycles. The fourth-order valence-electron chi connectivity index (χ4n) is 2.29. The molecule has 1 heterocycles. The van der Waals surface area contributed by atoms with E-state index < -0.39 is 5.09 Å². The Morgan fingerprint density at radius 2 is 1.69 bits per heavy atom. The molecule has 0 radical (unpaired) electrons. The maximum Gasteiger partial charge on any atom is 0.472 e. The summed E-state index contributed by atoms with van der Waals surface area (Å²) in [6, 6.07) is 16.1. The van der Waals surface area contributed by atoms with Crippen LogP contribution in [0.4, 0.5) is 0 Å². The molecule has 0 spiro atoms. The summed E-state index contributed by atoms with van der Waals surface area (Å²) in [7, 11) is 0. The van der Waals surface area contributed by atoms with Crippen LogP contribution in [0.5, 0.6) is 0 Å². The first kappa shape index (κ1) is 19.4. The first-order valence-electron chi connectivity index (χ1n) is 7.74. The highest BCUT2D eigenvalue weighted by molar-refractivity contribution is 6.30. The number of hydrogen-bond acceptors (Lipinski definition) is 3. The Balaban J connectivity index is 0.000000552. The van der Waals surface area contributed by atoms with Crippen molar-refractivity contribution in [2.75, 3.05) is 0 Å². The third-order valence-corrected chi connectivity index (χ3v) is 3.72. The van der Waals surface area contributed by atoms with Gasteiger partial charge in [0.15, 0.2) is 0 Å². The second-order valence-electron chi connectivity index (χ2n) is 5.38. The predicted molar refractivity (Wildman–Crippen MR) is 94.9 cm³/mol. The van der Waals surface area contributed by atoms with Crippen LogP contribution in [0, 0.1) is 4.91 Å². The van der Waals surface area contributed by atoms with Crippen molar-refractivity contribution >= 4 is 11.6 Å². The highest BCUT2D eigenvalue weighted by atomic mass is 35.5. The number of hydrogen-bond donors (Lipinski definition) is 2. The second kappa shape index (κ2) is 10.2. The number of halogens is 1. The molecule has 0 aliphatic heterocycles. The van der Waals surface area contributed by atoms with E-state index in [0.717, 1.165) is 17.1 Å². The minimum Gasteiger partial charge on any atom is -0.372 e. The molecule has 3 aromatic rings. The van der Waals surface area contributed by atoms with Crippen LogP contribution in [0.2, 0.25) is 5.02 Å². The maximum absolute atomic E-state index is 8.47. The molecule has 136 valence electrons. The molecule has 8 heteroatoms. The SMILES string of the molecule is Clc1ccc(COCc2ccccc2Cn2ccnc2)cc1.O=[N+](O)O. The Morgan fingerprint density at radius 3 is 2.31 bits per heavy atom. The molecule has 26 heavy (non-hydrogen) atoms. The predicted octanol–water partition coefficient (Wildman–Crippen LogP) is 3.85. The van der Waals surface area contributed by atoms with Crippen LogP contribution in [0.1, 0.15) is 16.7 Å². The van der Waals surface area contributed by atoms with Gasteiger partial charge >= 0.3 is 5.09 Å². The van der Waals surface area contributed by atoms with E-state index in [1.165, 1.54) is 11.1 Å². The van der Waals surface area contributed by atoms with Gasteiger partial charge < -0.3 is 9.30 Å². The molecule has 0 fully saturated rings. The zero-order valence-corrected chi connectivity index (χ0v) is 14.7. The highest BCUT2D eigenvalue weighted by Crippen LogP contribution is 2.14. The van der Waals surface area contributed by atoms with E-state index in [-0.39, 0.29) is 0 Å². The smallest absolute Gasteiger partial charge is 0.372 e. The van der Waals surface area contributed by atoms with E-state index in [1.807, 2.05) is 42.9 Å². The molecular weight excluding hydrogens is 358 g/mol. The Labute approximate surface area is 155 Å². The Hall–Kier alpha value is -2.90. The van der Waals surface area contributed by atoms with Crippen molar-refractivity contribution in [3.63, 3.8) is 0 Å². The van der Waals surface area contributed by atoms with E-state index in [1.54, 1.807) is 6.20 Å². The van der Waals surface area contributed by atoms with Crippen LogP contribution in [0.15, 0.2) is 67.3 Å². The number of benzene rings is 2. The van der Waals surface area contributed by atoms with Gasteiger partial charge in [0, 0.05) is 24.0 Å². The third kappa shape index (κ3) is 6.92. The van der Waals surface area contributed by atoms with Crippen LogP contribution in [-0.2, 0) is 24.5 Å². The number of imidazole rings is 1. The van der Waals surface area contributed by atoms with Gasteiger partial charge in [0.05, 0.1) is 19.5 Å². The van der Waals surface area contributed by atoms with Gasteiger partial charge in [-0.3, -0.25) is 0 Å². The monoisotopic (exact) mass is 376 g/mol. The van der Waals surface area contributed by atoms with Gasteiger partial charge in [-0.2, -0.15) is 0 Å². The molecular formula is C18H19ClN3O4+. The van der Waals surface area contributed by atoms with Crippen molar-refractivity contribution in [2.45, 2.75) is 19.8 Å². The van der Waals surface area contributed by atoms with Crippen LogP contribution >= 0.6 is 11.6 Å². The lowest BCUT2D eigenvalue weighted by molar-refractivity contribution is -0.969. The summed E-state index contributed by atoms with van der Waals surface area (Å²) in [5, 5.41) is 13.3. The minimum atomic E-state index is -1.25. The van der Waals surface area contributed by atoms with Gasteiger partial charge in [-0.1, -0.05) is 48.0 Å². The number of rotatable bonds is 6. The van der Waals surface area contributed by atoms with Gasteiger partial charge in [0.25, 0.3) is 0 Å². The molecule has 2 N–H and O–H groups in total. The van der Waals surface area contributed by atoms with Crippen molar-refractivity contribution in [2.24, 2.45) is 0 Å². The van der Waals surface area contributed by atoms with E-state index in [9.17, 15) is 0 Å².